The van der Waals surface area contributed by atoms with E-state index in [1.165, 1.54) is 4.68 Å². The van der Waals surface area contributed by atoms with Gasteiger partial charge in [-0.2, -0.15) is 9.78 Å². The van der Waals surface area contributed by atoms with Gasteiger partial charge >= 0.3 is 11.8 Å². The molecule has 28 heavy (non-hydrogen) atoms. The van der Waals surface area contributed by atoms with Gasteiger partial charge < -0.3 is 10.6 Å². The molecule has 2 amide bonds. The Morgan fingerprint density at radius 3 is 2.54 bits per heavy atom. The van der Waals surface area contributed by atoms with Crippen molar-refractivity contribution in [1.82, 2.24) is 25.1 Å². The number of anilines is 1. The van der Waals surface area contributed by atoms with Crippen LogP contribution in [0.3, 0.4) is 0 Å². The normalized spacial score (nSPS) is 12.0. The molecule has 3 aromatic heterocycles. The first-order chi connectivity index (χ1) is 13.5. The molecule has 146 valence electrons. The number of thiophene rings is 1. The van der Waals surface area contributed by atoms with Gasteiger partial charge in [-0.1, -0.05) is 26.8 Å². The van der Waals surface area contributed by atoms with Crippen molar-refractivity contribution in [3.63, 3.8) is 0 Å². The molecule has 0 saturated carbocycles. The Kier molecular flexibility index (Phi) is 6.15. The van der Waals surface area contributed by atoms with E-state index in [9.17, 15) is 9.59 Å². The standard InChI is InChI=1S/C19H22N6O2S/c1-12(2)14-10-16(25(24-14)19-20-7-5-8-21-19)23-18(27)17(26)22-11-13(3)15-6-4-9-28-15/h4-10,12-13H,11H2,1-3H3,(H,22,26)(H,23,27)/t13-/m1/s1. The predicted octanol–water partition coefficient (Wildman–Crippen LogP) is 2.71. The van der Waals surface area contributed by atoms with Crippen LogP contribution in [0, 0.1) is 0 Å². The van der Waals surface area contributed by atoms with Crippen LogP contribution in [0.15, 0.2) is 42.0 Å². The summed E-state index contributed by atoms with van der Waals surface area (Å²) < 4.78 is 1.43. The molecule has 2 N–H and O–H groups in total. The second-order valence-electron chi connectivity index (χ2n) is 6.65. The van der Waals surface area contributed by atoms with E-state index in [-0.39, 0.29) is 11.8 Å². The molecule has 9 heteroatoms. The zero-order valence-electron chi connectivity index (χ0n) is 15.9. The molecule has 0 aliphatic carbocycles. The second kappa shape index (κ2) is 8.75. The number of hydrogen-bond acceptors (Lipinski definition) is 6. The summed E-state index contributed by atoms with van der Waals surface area (Å²) >= 11 is 1.62. The summed E-state index contributed by atoms with van der Waals surface area (Å²) in [7, 11) is 0. The fourth-order valence-corrected chi connectivity index (χ4v) is 3.28. The van der Waals surface area contributed by atoms with Gasteiger partial charge in [0.1, 0.15) is 5.82 Å². The van der Waals surface area contributed by atoms with Crippen molar-refractivity contribution in [3.05, 3.63) is 52.6 Å². The highest BCUT2D eigenvalue weighted by molar-refractivity contribution is 7.10. The zero-order chi connectivity index (χ0) is 20.1. The minimum Gasteiger partial charge on any atom is -0.347 e. The number of hydrogen-bond donors (Lipinski definition) is 2. The third kappa shape index (κ3) is 4.61. The van der Waals surface area contributed by atoms with E-state index in [2.05, 4.69) is 25.7 Å². The number of aromatic nitrogens is 4. The molecule has 0 spiro atoms. The van der Waals surface area contributed by atoms with Crippen LogP contribution in [-0.2, 0) is 9.59 Å². The van der Waals surface area contributed by atoms with Crippen molar-refractivity contribution in [2.75, 3.05) is 11.9 Å². The molecule has 0 unspecified atom stereocenters. The van der Waals surface area contributed by atoms with E-state index in [1.54, 1.807) is 35.9 Å². The maximum atomic E-state index is 12.4. The number of carbonyl (C=O) groups is 2. The van der Waals surface area contributed by atoms with Crippen molar-refractivity contribution in [3.8, 4) is 5.95 Å². The monoisotopic (exact) mass is 398 g/mol. The van der Waals surface area contributed by atoms with Crippen molar-refractivity contribution >= 4 is 29.0 Å². The molecule has 0 bridgehead atoms. The van der Waals surface area contributed by atoms with Crippen molar-refractivity contribution in [2.24, 2.45) is 0 Å². The molecular weight excluding hydrogens is 376 g/mol. The molecule has 0 radical (unpaired) electrons. The Bertz CT molecular complexity index is 937. The molecule has 1 atom stereocenters. The number of carbonyl (C=O) groups excluding carboxylic acids is 2. The van der Waals surface area contributed by atoms with Crippen LogP contribution in [0.5, 0.6) is 0 Å². The lowest BCUT2D eigenvalue weighted by Gasteiger charge is -2.11. The first-order valence-corrected chi connectivity index (χ1v) is 9.83. The lowest BCUT2D eigenvalue weighted by molar-refractivity contribution is -0.136. The average Bonchev–Trinajstić information content (AvgIpc) is 3.36. The number of nitrogens with one attached hydrogen (secondary N) is 2. The van der Waals surface area contributed by atoms with E-state index in [1.807, 2.05) is 38.3 Å². The molecule has 0 aliphatic rings. The smallest absolute Gasteiger partial charge is 0.314 e. The van der Waals surface area contributed by atoms with Crippen molar-refractivity contribution < 1.29 is 9.59 Å². The van der Waals surface area contributed by atoms with Gasteiger partial charge in [0.05, 0.1) is 5.69 Å². The Morgan fingerprint density at radius 2 is 1.89 bits per heavy atom. The number of amides is 2. The number of nitrogens with zero attached hydrogens (tertiary/aromatic N) is 4. The maximum Gasteiger partial charge on any atom is 0.314 e. The van der Waals surface area contributed by atoms with E-state index in [4.69, 9.17) is 0 Å². The predicted molar refractivity (Wildman–Crippen MR) is 108 cm³/mol. The summed E-state index contributed by atoms with van der Waals surface area (Å²) in [4.78, 5) is 34.1. The summed E-state index contributed by atoms with van der Waals surface area (Å²) in [6, 6.07) is 7.38. The fourth-order valence-electron chi connectivity index (χ4n) is 2.50. The largest absolute Gasteiger partial charge is 0.347 e. The molecule has 3 rings (SSSR count). The van der Waals surface area contributed by atoms with Crippen LogP contribution < -0.4 is 10.6 Å². The highest BCUT2D eigenvalue weighted by Crippen LogP contribution is 2.21. The minimum absolute atomic E-state index is 0.132. The van der Waals surface area contributed by atoms with Crippen LogP contribution in [0.1, 0.15) is 43.2 Å². The van der Waals surface area contributed by atoms with Gasteiger partial charge in [-0.15, -0.1) is 11.3 Å². The Labute approximate surface area is 167 Å². The fraction of sp³-hybridized carbons (Fsp3) is 0.316. The second-order valence-corrected chi connectivity index (χ2v) is 7.63. The highest BCUT2D eigenvalue weighted by Gasteiger charge is 2.20. The maximum absolute atomic E-state index is 12.4. The van der Waals surface area contributed by atoms with Gasteiger partial charge in [0.2, 0.25) is 0 Å². The molecule has 3 heterocycles. The summed E-state index contributed by atoms with van der Waals surface area (Å²) in [5, 5.41) is 11.7. The highest BCUT2D eigenvalue weighted by atomic mass is 32.1. The van der Waals surface area contributed by atoms with Gasteiger partial charge in [0, 0.05) is 35.8 Å². The summed E-state index contributed by atoms with van der Waals surface area (Å²) in [5.41, 5.74) is 0.759. The Hall–Kier alpha value is -3.07. The quantitative estimate of drug-likeness (QED) is 0.622. The van der Waals surface area contributed by atoms with Gasteiger partial charge in [0.15, 0.2) is 0 Å². The Morgan fingerprint density at radius 1 is 1.14 bits per heavy atom. The molecule has 3 aromatic rings. The van der Waals surface area contributed by atoms with E-state index in [0.717, 1.165) is 10.6 Å². The number of rotatable bonds is 6. The lowest BCUT2D eigenvalue weighted by Crippen LogP contribution is -2.37. The van der Waals surface area contributed by atoms with Gasteiger partial charge in [-0.3, -0.25) is 9.59 Å². The third-order valence-electron chi connectivity index (χ3n) is 4.11. The topological polar surface area (TPSA) is 102 Å². The minimum atomic E-state index is -0.759. The molecule has 0 aromatic carbocycles. The Balaban J connectivity index is 1.70. The summed E-state index contributed by atoms with van der Waals surface area (Å²) in [6.07, 6.45) is 3.17. The van der Waals surface area contributed by atoms with Crippen LogP contribution in [0.2, 0.25) is 0 Å². The SMILES string of the molecule is CC(C)c1cc(NC(=O)C(=O)NC[C@@H](C)c2cccs2)n(-c2ncccn2)n1. The summed E-state index contributed by atoms with van der Waals surface area (Å²) in [5.74, 6) is -0.520. The van der Waals surface area contributed by atoms with Gasteiger partial charge in [-0.05, 0) is 23.4 Å². The van der Waals surface area contributed by atoms with E-state index >= 15 is 0 Å². The van der Waals surface area contributed by atoms with E-state index < -0.39 is 11.8 Å². The lowest BCUT2D eigenvalue weighted by atomic mass is 10.1. The third-order valence-corrected chi connectivity index (χ3v) is 5.21. The van der Waals surface area contributed by atoms with Crippen molar-refractivity contribution in [2.45, 2.75) is 32.6 Å². The summed E-state index contributed by atoms with van der Waals surface area (Å²) in [6.45, 7) is 6.36. The van der Waals surface area contributed by atoms with Crippen LogP contribution in [0.25, 0.3) is 5.95 Å². The van der Waals surface area contributed by atoms with Crippen LogP contribution in [-0.4, -0.2) is 38.1 Å². The first kappa shape index (κ1) is 19.7. The molecule has 0 fully saturated rings. The van der Waals surface area contributed by atoms with E-state index in [0.29, 0.717) is 18.3 Å². The molecule has 8 nitrogen and oxygen atoms in total. The molecular formula is C19H22N6O2S. The average molecular weight is 398 g/mol. The van der Waals surface area contributed by atoms with Crippen molar-refractivity contribution in [1.29, 1.82) is 0 Å². The molecule has 0 saturated heterocycles. The molecule has 0 aliphatic heterocycles. The van der Waals surface area contributed by atoms with Gasteiger partial charge in [-0.25, -0.2) is 9.97 Å². The first-order valence-electron chi connectivity index (χ1n) is 8.95. The van der Waals surface area contributed by atoms with Gasteiger partial charge in [0.25, 0.3) is 5.95 Å². The van der Waals surface area contributed by atoms with Crippen LogP contribution in [0.4, 0.5) is 5.82 Å². The van der Waals surface area contributed by atoms with Crippen LogP contribution >= 0.6 is 11.3 Å². The zero-order valence-corrected chi connectivity index (χ0v) is 16.7.